The van der Waals surface area contributed by atoms with E-state index in [-0.39, 0.29) is 20.1 Å². The molecule has 0 saturated carbocycles. The molecule has 243 valence electrons. The van der Waals surface area contributed by atoms with Crippen molar-refractivity contribution in [1.29, 1.82) is 0 Å². The second kappa shape index (κ2) is 14.1. The molecule has 0 aliphatic heterocycles. The van der Waals surface area contributed by atoms with Crippen molar-refractivity contribution in [2.45, 2.75) is 20.0 Å². The first-order valence-electron chi connectivity index (χ1n) is 15.4. The zero-order valence-electron chi connectivity index (χ0n) is 26.5. The zero-order valence-corrected chi connectivity index (χ0v) is 28.9. The average Bonchev–Trinajstić information content (AvgIpc) is 3.11. The summed E-state index contributed by atoms with van der Waals surface area (Å²) in [4.78, 5) is 13.7. The molecule has 7 heteroatoms. The molecule has 0 unspecified atom stereocenters. The third-order valence-electron chi connectivity index (χ3n) is 8.16. The maximum Gasteiger partial charge on any atom is 0.416 e. The molecule has 0 aliphatic rings. The van der Waals surface area contributed by atoms with Crippen molar-refractivity contribution in [2.24, 2.45) is 0 Å². The first-order chi connectivity index (χ1) is 23.2. The van der Waals surface area contributed by atoms with E-state index in [2.05, 4.69) is 72.3 Å². The SMILES string of the molecule is Cc1[c-]c(-c2nccc3ccccc23)cc(C)c1.FC(F)(F)c1ccc(-c2cc3nc(-c4[c-]cccc4)ncc3c3ccccc23)cc1.[Ir]. The Balaban J connectivity index is 0.000000188. The van der Waals surface area contributed by atoms with E-state index in [4.69, 9.17) is 4.98 Å². The fraction of sp³-hybridized carbons (Fsp3) is 0.0714. The largest absolute Gasteiger partial charge is 0.416 e. The maximum atomic E-state index is 13.0. The molecular formula is C42H28F3IrN3-2. The number of aryl methyl sites for hydroxylation is 2. The van der Waals surface area contributed by atoms with E-state index < -0.39 is 11.7 Å². The van der Waals surface area contributed by atoms with Gasteiger partial charge >= 0.3 is 6.18 Å². The second-order valence-electron chi connectivity index (χ2n) is 11.6. The molecule has 0 aliphatic carbocycles. The Morgan fingerprint density at radius 2 is 1.37 bits per heavy atom. The molecule has 2 heterocycles. The van der Waals surface area contributed by atoms with Crippen LogP contribution in [-0.4, -0.2) is 15.0 Å². The van der Waals surface area contributed by atoms with Crippen LogP contribution in [0.2, 0.25) is 0 Å². The van der Waals surface area contributed by atoms with Crippen LogP contribution in [0.1, 0.15) is 16.7 Å². The molecule has 0 fully saturated rings. The van der Waals surface area contributed by atoms with Crippen LogP contribution < -0.4 is 0 Å². The molecule has 0 N–H and O–H groups in total. The summed E-state index contributed by atoms with van der Waals surface area (Å²) in [7, 11) is 0. The van der Waals surface area contributed by atoms with E-state index >= 15 is 0 Å². The van der Waals surface area contributed by atoms with Crippen LogP contribution >= 0.6 is 0 Å². The van der Waals surface area contributed by atoms with Gasteiger partial charge in [0.05, 0.1) is 16.9 Å². The smallest absolute Gasteiger partial charge is 0.304 e. The quantitative estimate of drug-likeness (QED) is 0.132. The normalized spacial score (nSPS) is 11.2. The van der Waals surface area contributed by atoms with E-state index in [1.807, 2.05) is 60.8 Å². The summed E-state index contributed by atoms with van der Waals surface area (Å²) >= 11 is 0. The summed E-state index contributed by atoms with van der Waals surface area (Å²) in [6, 6.07) is 43.5. The van der Waals surface area contributed by atoms with E-state index in [0.29, 0.717) is 11.4 Å². The molecule has 0 amide bonds. The number of halogens is 3. The Morgan fingerprint density at radius 1 is 0.653 bits per heavy atom. The third-order valence-corrected chi connectivity index (χ3v) is 8.16. The van der Waals surface area contributed by atoms with Gasteiger partial charge in [-0.05, 0) is 62.6 Å². The molecular weight excluding hydrogens is 796 g/mol. The van der Waals surface area contributed by atoms with Crippen LogP contribution in [0.15, 0.2) is 134 Å². The minimum atomic E-state index is -4.36. The van der Waals surface area contributed by atoms with Crippen molar-refractivity contribution in [1.82, 2.24) is 15.0 Å². The summed E-state index contributed by atoms with van der Waals surface area (Å²) in [6.07, 6.45) is -0.709. The summed E-state index contributed by atoms with van der Waals surface area (Å²) in [6.45, 7) is 4.18. The number of hydrogen-bond donors (Lipinski definition) is 0. The molecule has 0 spiro atoms. The second-order valence-corrected chi connectivity index (χ2v) is 11.6. The van der Waals surface area contributed by atoms with Crippen LogP contribution in [-0.2, 0) is 26.3 Å². The molecule has 0 atom stereocenters. The summed E-state index contributed by atoms with van der Waals surface area (Å²) in [5, 5.41) is 5.18. The molecule has 0 saturated heterocycles. The fourth-order valence-corrected chi connectivity index (χ4v) is 5.98. The molecule has 49 heavy (non-hydrogen) atoms. The molecule has 0 bridgehead atoms. The summed E-state index contributed by atoms with van der Waals surface area (Å²) in [5.41, 5.74) is 6.86. The Labute approximate surface area is 295 Å². The van der Waals surface area contributed by atoms with E-state index in [0.717, 1.165) is 61.8 Å². The van der Waals surface area contributed by atoms with Crippen LogP contribution in [0, 0.1) is 26.0 Å². The zero-order chi connectivity index (χ0) is 33.3. The van der Waals surface area contributed by atoms with Gasteiger partial charge in [-0.2, -0.15) is 13.2 Å². The van der Waals surface area contributed by atoms with Gasteiger partial charge in [0.1, 0.15) is 0 Å². The number of fused-ring (bicyclic) bond motifs is 4. The number of alkyl halides is 3. The van der Waals surface area contributed by atoms with Crippen LogP contribution in [0.5, 0.6) is 0 Å². The van der Waals surface area contributed by atoms with Gasteiger partial charge in [0, 0.05) is 37.9 Å². The molecule has 6 aromatic carbocycles. The van der Waals surface area contributed by atoms with Gasteiger partial charge in [-0.3, -0.25) is 9.97 Å². The first kappa shape index (κ1) is 33.7. The first-order valence-corrected chi connectivity index (χ1v) is 15.4. The van der Waals surface area contributed by atoms with E-state index in [9.17, 15) is 13.2 Å². The number of pyridine rings is 1. The Hall–Kier alpha value is -5.23. The number of nitrogens with zero attached hydrogens (tertiary/aromatic N) is 3. The average molecular weight is 824 g/mol. The van der Waals surface area contributed by atoms with Gasteiger partial charge in [0.25, 0.3) is 0 Å². The van der Waals surface area contributed by atoms with Gasteiger partial charge in [-0.1, -0.05) is 74.5 Å². The van der Waals surface area contributed by atoms with Crippen LogP contribution in [0.25, 0.3) is 66.2 Å². The van der Waals surface area contributed by atoms with Gasteiger partial charge < -0.3 is 4.98 Å². The van der Waals surface area contributed by atoms with Gasteiger partial charge in [-0.25, -0.2) is 0 Å². The van der Waals surface area contributed by atoms with Gasteiger partial charge in [0.15, 0.2) is 0 Å². The molecule has 1 radical (unpaired) electrons. The standard InChI is InChI=1S/C25H14F3N2.C17H14N.Ir/c26-25(27,28)18-12-10-16(11-13-18)21-14-23-22(20-9-5-4-8-19(20)21)15-29-24(30-23)17-6-2-1-3-7-17;1-12-9-13(2)11-15(10-12)17-16-6-4-3-5-14(16)7-8-18-17;/h1-6,8-15H;3-10H,1-2H3;/q2*-1;. The minimum absolute atomic E-state index is 0. The topological polar surface area (TPSA) is 38.7 Å². The van der Waals surface area contributed by atoms with Crippen molar-refractivity contribution < 1.29 is 33.3 Å². The molecule has 8 rings (SSSR count). The van der Waals surface area contributed by atoms with Crippen molar-refractivity contribution in [3.8, 4) is 33.8 Å². The predicted molar refractivity (Wildman–Crippen MR) is 187 cm³/mol. The maximum absolute atomic E-state index is 13.0. The fourth-order valence-electron chi connectivity index (χ4n) is 5.98. The van der Waals surface area contributed by atoms with E-state index in [1.54, 1.807) is 12.3 Å². The van der Waals surface area contributed by atoms with Crippen molar-refractivity contribution in [3.05, 3.63) is 163 Å². The summed E-state index contributed by atoms with van der Waals surface area (Å²) < 4.78 is 38.9. The molecule has 2 aromatic heterocycles. The minimum Gasteiger partial charge on any atom is -0.304 e. The number of benzene rings is 6. The van der Waals surface area contributed by atoms with Crippen molar-refractivity contribution in [3.63, 3.8) is 0 Å². The number of hydrogen-bond acceptors (Lipinski definition) is 3. The number of aromatic nitrogens is 3. The number of rotatable bonds is 3. The summed E-state index contributed by atoms with van der Waals surface area (Å²) in [5.74, 6) is 0.553. The van der Waals surface area contributed by atoms with Crippen molar-refractivity contribution >= 4 is 32.4 Å². The third kappa shape index (κ3) is 7.14. The van der Waals surface area contributed by atoms with Crippen LogP contribution in [0.3, 0.4) is 0 Å². The van der Waals surface area contributed by atoms with Gasteiger partial charge in [0.2, 0.25) is 0 Å². The molecule has 8 aromatic rings. The Bertz CT molecular complexity index is 2380. The van der Waals surface area contributed by atoms with Crippen molar-refractivity contribution in [2.75, 3.05) is 0 Å². The monoisotopic (exact) mass is 824 g/mol. The predicted octanol–water partition coefficient (Wildman–Crippen LogP) is 11.3. The van der Waals surface area contributed by atoms with Crippen LogP contribution in [0.4, 0.5) is 13.2 Å². The van der Waals surface area contributed by atoms with E-state index in [1.165, 1.54) is 28.5 Å². The molecule has 3 nitrogen and oxygen atoms in total. The van der Waals surface area contributed by atoms with Gasteiger partial charge in [-0.15, -0.1) is 70.8 Å². The Morgan fingerprint density at radius 3 is 2.08 bits per heavy atom. The Kier molecular flexibility index (Phi) is 9.68.